The van der Waals surface area contributed by atoms with E-state index in [1.165, 1.54) is 0 Å². The van der Waals surface area contributed by atoms with E-state index in [0.717, 1.165) is 23.1 Å². The highest BCUT2D eigenvalue weighted by Gasteiger charge is 2.00. The number of anilines is 1. The largest absolute Gasteiger partial charge is 0.393 e. The molecular formula is C10H13BrClNO. The molecule has 2 nitrogen and oxygen atoms in total. The van der Waals surface area contributed by atoms with E-state index in [2.05, 4.69) is 21.2 Å². The molecule has 0 aliphatic heterocycles. The molecule has 0 aromatic heterocycles. The van der Waals surface area contributed by atoms with Gasteiger partial charge >= 0.3 is 0 Å². The van der Waals surface area contributed by atoms with E-state index in [1.807, 2.05) is 18.2 Å². The van der Waals surface area contributed by atoms with Crippen molar-refractivity contribution >= 4 is 33.2 Å². The van der Waals surface area contributed by atoms with Gasteiger partial charge in [-0.1, -0.05) is 11.6 Å². The minimum atomic E-state index is -0.270. The second-order valence-electron chi connectivity index (χ2n) is 3.19. The lowest BCUT2D eigenvalue weighted by Gasteiger charge is -2.09. The highest BCUT2D eigenvalue weighted by molar-refractivity contribution is 9.10. The first kappa shape index (κ1) is 11.8. The minimum absolute atomic E-state index is 0.270. The Morgan fingerprint density at radius 2 is 2.29 bits per heavy atom. The summed E-state index contributed by atoms with van der Waals surface area (Å²) in [6.07, 6.45) is 0.461. The molecule has 0 radical (unpaired) electrons. The Morgan fingerprint density at radius 1 is 1.57 bits per heavy atom. The van der Waals surface area contributed by atoms with Crippen molar-refractivity contribution < 1.29 is 5.11 Å². The normalized spacial score (nSPS) is 12.6. The lowest BCUT2D eigenvalue weighted by atomic mass is 10.2. The Bertz CT molecular complexity index is 304. The minimum Gasteiger partial charge on any atom is -0.393 e. The summed E-state index contributed by atoms with van der Waals surface area (Å²) in [6, 6.07) is 5.58. The van der Waals surface area contributed by atoms with Crippen molar-refractivity contribution in [2.75, 3.05) is 11.9 Å². The van der Waals surface area contributed by atoms with Crippen molar-refractivity contribution in [3.8, 4) is 0 Å². The predicted octanol–water partition coefficient (Wildman–Crippen LogP) is 3.29. The maximum absolute atomic E-state index is 9.07. The summed E-state index contributed by atoms with van der Waals surface area (Å²) in [5.41, 5.74) is 0.995. The van der Waals surface area contributed by atoms with Crippen LogP contribution in [-0.2, 0) is 0 Å². The van der Waals surface area contributed by atoms with Crippen LogP contribution in [-0.4, -0.2) is 17.8 Å². The number of nitrogens with one attached hydrogen (secondary N) is 1. The van der Waals surface area contributed by atoms with Gasteiger partial charge < -0.3 is 10.4 Å². The summed E-state index contributed by atoms with van der Waals surface area (Å²) < 4.78 is 0.940. The van der Waals surface area contributed by atoms with E-state index in [1.54, 1.807) is 6.92 Å². The van der Waals surface area contributed by atoms with E-state index in [9.17, 15) is 0 Å². The third-order valence-electron chi connectivity index (χ3n) is 1.81. The number of halogens is 2. The summed E-state index contributed by atoms with van der Waals surface area (Å²) in [7, 11) is 0. The zero-order valence-electron chi connectivity index (χ0n) is 7.93. The fraction of sp³-hybridized carbons (Fsp3) is 0.400. The quantitative estimate of drug-likeness (QED) is 0.886. The molecule has 0 amide bonds. The van der Waals surface area contributed by atoms with Crippen LogP contribution in [0, 0.1) is 0 Å². The molecule has 14 heavy (non-hydrogen) atoms. The van der Waals surface area contributed by atoms with Gasteiger partial charge in [0.1, 0.15) is 0 Å². The number of hydrogen-bond acceptors (Lipinski definition) is 2. The van der Waals surface area contributed by atoms with Crippen LogP contribution in [0.15, 0.2) is 22.7 Å². The number of benzene rings is 1. The summed E-state index contributed by atoms with van der Waals surface area (Å²) in [4.78, 5) is 0. The molecule has 1 atom stereocenters. The van der Waals surface area contributed by atoms with Crippen molar-refractivity contribution in [2.24, 2.45) is 0 Å². The first-order chi connectivity index (χ1) is 6.59. The molecule has 0 aliphatic carbocycles. The second kappa shape index (κ2) is 5.59. The van der Waals surface area contributed by atoms with Gasteiger partial charge in [-0.05, 0) is 47.5 Å². The molecule has 0 saturated heterocycles. The van der Waals surface area contributed by atoms with Gasteiger partial charge in [-0.3, -0.25) is 0 Å². The van der Waals surface area contributed by atoms with Gasteiger partial charge in [0.05, 0.1) is 6.10 Å². The van der Waals surface area contributed by atoms with Crippen LogP contribution in [0.2, 0.25) is 5.02 Å². The molecule has 2 N–H and O–H groups in total. The standard InChI is InChI=1S/C10H13BrClNO/c1-7(14)4-5-13-10-3-2-8(12)6-9(10)11/h2-3,6-7,13-14H,4-5H2,1H3. The molecule has 1 unspecified atom stereocenters. The molecule has 1 aromatic carbocycles. The number of hydrogen-bond donors (Lipinski definition) is 2. The summed E-state index contributed by atoms with van der Waals surface area (Å²) in [5.74, 6) is 0. The Kier molecular flexibility index (Phi) is 4.72. The van der Waals surface area contributed by atoms with Gasteiger partial charge in [0.15, 0.2) is 0 Å². The van der Waals surface area contributed by atoms with Crippen molar-refractivity contribution in [1.82, 2.24) is 0 Å². The molecule has 0 spiro atoms. The zero-order valence-corrected chi connectivity index (χ0v) is 10.3. The van der Waals surface area contributed by atoms with Crippen LogP contribution in [0.1, 0.15) is 13.3 Å². The van der Waals surface area contributed by atoms with Gasteiger partial charge in [-0.15, -0.1) is 0 Å². The van der Waals surface area contributed by atoms with Crippen LogP contribution in [0.3, 0.4) is 0 Å². The molecule has 0 aliphatic rings. The van der Waals surface area contributed by atoms with Gasteiger partial charge in [-0.2, -0.15) is 0 Å². The fourth-order valence-corrected chi connectivity index (χ4v) is 1.87. The fourth-order valence-electron chi connectivity index (χ4n) is 1.05. The van der Waals surface area contributed by atoms with Gasteiger partial charge in [0.2, 0.25) is 0 Å². The van der Waals surface area contributed by atoms with Crippen molar-refractivity contribution in [3.63, 3.8) is 0 Å². The van der Waals surface area contributed by atoms with Crippen LogP contribution >= 0.6 is 27.5 Å². The first-order valence-corrected chi connectivity index (χ1v) is 5.63. The van der Waals surface area contributed by atoms with E-state index in [0.29, 0.717) is 5.02 Å². The number of aliphatic hydroxyl groups is 1. The van der Waals surface area contributed by atoms with Crippen molar-refractivity contribution in [1.29, 1.82) is 0 Å². The maximum Gasteiger partial charge on any atom is 0.0528 e. The topological polar surface area (TPSA) is 32.3 Å². The van der Waals surface area contributed by atoms with Crippen LogP contribution in [0.4, 0.5) is 5.69 Å². The van der Waals surface area contributed by atoms with Crippen LogP contribution in [0.5, 0.6) is 0 Å². The first-order valence-electron chi connectivity index (χ1n) is 4.46. The van der Waals surface area contributed by atoms with Gasteiger partial charge in [0.25, 0.3) is 0 Å². The van der Waals surface area contributed by atoms with Crippen LogP contribution < -0.4 is 5.32 Å². The molecule has 0 saturated carbocycles. The van der Waals surface area contributed by atoms with Gasteiger partial charge in [0, 0.05) is 21.7 Å². The van der Waals surface area contributed by atoms with E-state index in [-0.39, 0.29) is 6.10 Å². The molecule has 0 heterocycles. The second-order valence-corrected chi connectivity index (χ2v) is 4.48. The third-order valence-corrected chi connectivity index (χ3v) is 2.70. The van der Waals surface area contributed by atoms with Crippen molar-refractivity contribution in [3.05, 3.63) is 27.7 Å². The number of rotatable bonds is 4. The van der Waals surface area contributed by atoms with E-state index in [4.69, 9.17) is 16.7 Å². The summed E-state index contributed by atoms with van der Waals surface area (Å²) in [6.45, 7) is 2.52. The zero-order chi connectivity index (χ0) is 10.6. The summed E-state index contributed by atoms with van der Waals surface area (Å²) in [5, 5.41) is 13.0. The van der Waals surface area contributed by atoms with E-state index < -0.39 is 0 Å². The molecule has 1 aromatic rings. The lowest BCUT2D eigenvalue weighted by Crippen LogP contribution is -2.09. The summed E-state index contributed by atoms with van der Waals surface area (Å²) >= 11 is 9.21. The SMILES string of the molecule is CC(O)CCNc1ccc(Cl)cc1Br. The van der Waals surface area contributed by atoms with Crippen molar-refractivity contribution in [2.45, 2.75) is 19.4 Å². The highest BCUT2D eigenvalue weighted by atomic mass is 79.9. The number of aliphatic hydroxyl groups excluding tert-OH is 1. The van der Waals surface area contributed by atoms with Crippen LogP contribution in [0.25, 0.3) is 0 Å². The molecule has 0 bridgehead atoms. The lowest BCUT2D eigenvalue weighted by molar-refractivity contribution is 0.189. The predicted molar refractivity (Wildman–Crippen MR) is 63.9 cm³/mol. The average Bonchev–Trinajstić information content (AvgIpc) is 2.08. The molecule has 0 fully saturated rings. The Balaban J connectivity index is 2.51. The smallest absolute Gasteiger partial charge is 0.0528 e. The Labute approximate surface area is 97.4 Å². The Hall–Kier alpha value is -0.250. The average molecular weight is 279 g/mol. The van der Waals surface area contributed by atoms with E-state index >= 15 is 0 Å². The highest BCUT2D eigenvalue weighted by Crippen LogP contribution is 2.25. The molecule has 1 rings (SSSR count). The van der Waals surface area contributed by atoms with Gasteiger partial charge in [-0.25, -0.2) is 0 Å². The maximum atomic E-state index is 9.07. The Morgan fingerprint density at radius 3 is 2.86 bits per heavy atom. The third kappa shape index (κ3) is 3.86. The molecular weight excluding hydrogens is 265 g/mol. The molecule has 4 heteroatoms. The molecule has 78 valence electrons. The monoisotopic (exact) mass is 277 g/mol.